The van der Waals surface area contributed by atoms with E-state index >= 15 is 0 Å². The van der Waals surface area contributed by atoms with Gasteiger partial charge in [-0.1, -0.05) is 72.3 Å². The molecule has 2 saturated carbocycles. The number of alkyl halides is 6. The van der Waals surface area contributed by atoms with Crippen LogP contribution in [0.1, 0.15) is 92.4 Å². The van der Waals surface area contributed by atoms with Gasteiger partial charge in [0.25, 0.3) is 5.91 Å². The topological polar surface area (TPSA) is 48.1 Å². The maximum atomic E-state index is 15.0. The highest BCUT2D eigenvalue weighted by molar-refractivity contribution is 6.32. The zero-order chi connectivity index (χ0) is 42.6. The van der Waals surface area contributed by atoms with E-state index in [-0.39, 0.29) is 31.2 Å². The van der Waals surface area contributed by atoms with E-state index in [2.05, 4.69) is 10.3 Å². The van der Waals surface area contributed by atoms with Gasteiger partial charge in [-0.25, -0.2) is 8.78 Å². The number of amides is 1. The second kappa shape index (κ2) is 18.2. The van der Waals surface area contributed by atoms with Crippen LogP contribution in [0.15, 0.2) is 109 Å². The fourth-order valence-corrected chi connectivity index (χ4v) is 7.43. The van der Waals surface area contributed by atoms with Crippen molar-refractivity contribution < 1.29 is 39.9 Å². The molecule has 8 rings (SSSR count). The molecule has 1 heterocycles. The van der Waals surface area contributed by atoms with Gasteiger partial charge in [-0.15, -0.1) is 0 Å². The van der Waals surface area contributed by atoms with Crippen LogP contribution < -0.4 is 5.32 Å². The maximum Gasteiger partial charge on any atom is 0.416 e. The van der Waals surface area contributed by atoms with Crippen molar-refractivity contribution in [2.75, 3.05) is 13.1 Å². The Morgan fingerprint density at radius 3 is 1.82 bits per heavy atom. The zero-order valence-corrected chi connectivity index (χ0v) is 33.1. The van der Waals surface area contributed by atoms with E-state index < -0.39 is 29.3 Å². The Bertz CT molecular complexity index is 2450. The number of rotatable bonds is 13. The van der Waals surface area contributed by atoms with Crippen molar-refractivity contribution in [2.45, 2.75) is 75.8 Å². The second-order valence-corrected chi connectivity index (χ2v) is 15.9. The van der Waals surface area contributed by atoms with Gasteiger partial charge in [0, 0.05) is 47.4 Å². The Hall–Kier alpha value is -5.20. The highest BCUT2D eigenvalue weighted by Crippen LogP contribution is 2.41. The summed E-state index contributed by atoms with van der Waals surface area (Å²) >= 11 is 6.25. The summed E-state index contributed by atoms with van der Waals surface area (Å²) in [4.78, 5) is 18.2. The van der Waals surface area contributed by atoms with Crippen molar-refractivity contribution in [3.8, 4) is 0 Å². The van der Waals surface area contributed by atoms with Gasteiger partial charge in [0.2, 0.25) is 0 Å². The third-order valence-corrected chi connectivity index (χ3v) is 11.1. The standard InChI is InChI=1S/C28H23ClF4N2O.C19H19F4N/c29-23-13-20-8-10-34-26(20)24(15-23)27(36)35(11-9-17-2-1-3-22(12-17)28(31,32)33)16-21-7-6-19(14-25(21)30)18-4-5-18;20-18-11-15(14-4-5-14)6-7-16(18)12-24-9-8-13-2-1-3-17(10-13)19(21,22)23/h1-3,6-8,10,12-15,18,34H,4-5,9,11,16H2;1-3,6-7,10-11,14,24H,4-5,8-9,12H2. The average molecular weight is 852 g/mol. The van der Waals surface area contributed by atoms with E-state index in [1.807, 2.05) is 12.1 Å². The fourth-order valence-electron chi connectivity index (χ4n) is 7.20. The van der Waals surface area contributed by atoms with Crippen LogP contribution in [0.25, 0.3) is 10.9 Å². The second-order valence-electron chi connectivity index (χ2n) is 15.4. The molecule has 6 aromatic rings. The molecule has 0 radical (unpaired) electrons. The van der Waals surface area contributed by atoms with Crippen LogP contribution in [-0.2, 0) is 38.3 Å². The molecule has 5 aromatic carbocycles. The van der Waals surface area contributed by atoms with Gasteiger partial charge in [0.15, 0.2) is 0 Å². The molecule has 0 saturated heterocycles. The molecule has 0 bridgehead atoms. The lowest BCUT2D eigenvalue weighted by Gasteiger charge is -2.24. The summed E-state index contributed by atoms with van der Waals surface area (Å²) in [6.45, 7) is 0.933. The Labute approximate surface area is 347 Å². The number of carbonyl (C=O) groups excluding carboxylic acids is 1. The smallest absolute Gasteiger partial charge is 0.361 e. The predicted octanol–water partition coefficient (Wildman–Crippen LogP) is 12.8. The summed E-state index contributed by atoms with van der Waals surface area (Å²) in [6, 6.07) is 25.8. The van der Waals surface area contributed by atoms with Crippen LogP contribution in [0.3, 0.4) is 0 Å². The van der Waals surface area contributed by atoms with Crippen LogP contribution in [0.4, 0.5) is 35.1 Å². The molecule has 2 aliphatic rings. The first kappa shape index (κ1) is 42.9. The van der Waals surface area contributed by atoms with Gasteiger partial charge in [-0.3, -0.25) is 4.79 Å². The summed E-state index contributed by atoms with van der Waals surface area (Å²) in [5.74, 6) is -0.0943. The van der Waals surface area contributed by atoms with Crippen LogP contribution in [0.2, 0.25) is 5.02 Å². The average Bonchev–Trinajstić information content (AvgIpc) is 4.16. The van der Waals surface area contributed by atoms with E-state index in [4.69, 9.17) is 11.6 Å². The van der Waals surface area contributed by atoms with Crippen molar-refractivity contribution in [3.05, 3.63) is 176 Å². The van der Waals surface area contributed by atoms with Crippen molar-refractivity contribution in [2.24, 2.45) is 0 Å². The van der Waals surface area contributed by atoms with Gasteiger partial charge in [-0.2, -0.15) is 26.3 Å². The number of benzene rings is 5. The minimum Gasteiger partial charge on any atom is -0.361 e. The molecule has 60 heavy (non-hydrogen) atoms. The van der Waals surface area contributed by atoms with E-state index in [1.54, 1.807) is 54.7 Å². The number of aromatic amines is 1. The van der Waals surface area contributed by atoms with Crippen LogP contribution in [-0.4, -0.2) is 28.9 Å². The molecule has 4 nitrogen and oxygen atoms in total. The number of carbonyl (C=O) groups is 1. The Balaban J connectivity index is 0.000000197. The normalized spacial score (nSPS) is 14.2. The molecule has 1 amide bonds. The third-order valence-electron chi connectivity index (χ3n) is 10.8. The molecule has 0 aliphatic heterocycles. The number of hydrogen-bond acceptors (Lipinski definition) is 2. The Kier molecular flexibility index (Phi) is 13.0. The predicted molar refractivity (Wildman–Crippen MR) is 217 cm³/mol. The SMILES string of the molecule is Fc1cc(C2CC2)ccc1CNCCc1cccc(C(F)(F)F)c1.O=C(c1cc(Cl)cc2cc[nH]c12)N(CCc1cccc(C(F)(F)F)c1)Cc1ccc(C2CC2)cc1F. The summed E-state index contributed by atoms with van der Waals surface area (Å²) in [6.07, 6.45) is -2.10. The minimum atomic E-state index is -4.46. The molecule has 2 N–H and O–H groups in total. The Morgan fingerprint density at radius 1 is 0.700 bits per heavy atom. The molecule has 314 valence electrons. The lowest BCUT2D eigenvalue weighted by Crippen LogP contribution is -2.33. The number of aromatic nitrogens is 1. The number of nitrogens with zero attached hydrogens (tertiary/aromatic N) is 1. The van der Waals surface area contributed by atoms with Gasteiger partial charge >= 0.3 is 12.4 Å². The van der Waals surface area contributed by atoms with Gasteiger partial charge in [0.1, 0.15) is 11.6 Å². The number of H-pyrrole nitrogens is 1. The van der Waals surface area contributed by atoms with Crippen LogP contribution >= 0.6 is 11.6 Å². The van der Waals surface area contributed by atoms with Crippen molar-refractivity contribution in [1.29, 1.82) is 0 Å². The summed E-state index contributed by atoms with van der Waals surface area (Å²) < 4.78 is 106. The Morgan fingerprint density at radius 2 is 1.27 bits per heavy atom. The van der Waals surface area contributed by atoms with Crippen molar-refractivity contribution >= 4 is 28.4 Å². The first-order valence-electron chi connectivity index (χ1n) is 19.8. The maximum absolute atomic E-state index is 15.0. The van der Waals surface area contributed by atoms with Gasteiger partial charge in [0.05, 0.1) is 22.2 Å². The molecule has 2 fully saturated rings. The van der Waals surface area contributed by atoms with E-state index in [1.165, 1.54) is 23.1 Å². The number of hydrogen-bond donors (Lipinski definition) is 2. The number of halogens is 9. The largest absolute Gasteiger partial charge is 0.416 e. The lowest BCUT2D eigenvalue weighted by atomic mass is 10.0. The molecule has 0 atom stereocenters. The quantitative estimate of drug-likeness (QED) is 0.0898. The molecule has 13 heteroatoms. The van der Waals surface area contributed by atoms with Gasteiger partial charge in [-0.05, 0) is 122 Å². The monoisotopic (exact) mass is 851 g/mol. The van der Waals surface area contributed by atoms with Crippen molar-refractivity contribution in [3.63, 3.8) is 0 Å². The molecule has 1 aromatic heterocycles. The lowest BCUT2D eigenvalue weighted by molar-refractivity contribution is -0.138. The van der Waals surface area contributed by atoms with E-state index in [0.717, 1.165) is 66.5 Å². The number of fused-ring (bicyclic) bond motifs is 1. The minimum absolute atomic E-state index is 0.0245. The van der Waals surface area contributed by atoms with E-state index in [9.17, 15) is 39.9 Å². The zero-order valence-electron chi connectivity index (χ0n) is 32.4. The summed E-state index contributed by atoms with van der Waals surface area (Å²) in [7, 11) is 0. The van der Waals surface area contributed by atoms with Crippen LogP contribution in [0.5, 0.6) is 0 Å². The first-order chi connectivity index (χ1) is 28.6. The van der Waals surface area contributed by atoms with Gasteiger partial charge < -0.3 is 15.2 Å². The summed E-state index contributed by atoms with van der Waals surface area (Å²) in [5.41, 5.74) is 3.51. The fraction of sp³-hybridized carbons (Fsp3) is 0.298. The highest BCUT2D eigenvalue weighted by atomic mass is 35.5. The van der Waals surface area contributed by atoms with E-state index in [0.29, 0.717) is 69.7 Å². The first-order valence-corrected chi connectivity index (χ1v) is 20.2. The molecule has 0 spiro atoms. The highest BCUT2D eigenvalue weighted by Gasteiger charge is 2.32. The van der Waals surface area contributed by atoms with Crippen molar-refractivity contribution in [1.82, 2.24) is 15.2 Å². The summed E-state index contributed by atoms with van der Waals surface area (Å²) in [5, 5.41) is 4.22. The number of nitrogens with one attached hydrogen (secondary N) is 2. The molecule has 2 aliphatic carbocycles. The third kappa shape index (κ3) is 11.1. The molecular weight excluding hydrogens is 810 g/mol. The van der Waals surface area contributed by atoms with Crippen LogP contribution in [0, 0.1) is 11.6 Å². The molecular formula is C47H42ClF8N3O. The molecule has 0 unspecified atom stereocenters.